The molecule has 4 heterocycles. The van der Waals surface area contributed by atoms with Crippen LogP contribution in [0.3, 0.4) is 0 Å². The Balaban J connectivity index is 1.07. The van der Waals surface area contributed by atoms with Crippen LogP contribution < -0.4 is 16.4 Å². The van der Waals surface area contributed by atoms with Crippen LogP contribution in [0.4, 0.5) is 10.6 Å². The molecule has 1 aliphatic carbocycles. The van der Waals surface area contributed by atoms with Crippen molar-refractivity contribution in [2.24, 2.45) is 11.3 Å². The van der Waals surface area contributed by atoms with Gasteiger partial charge in [-0.15, -0.1) is 0 Å². The number of nitrogens with zero attached hydrogens (tertiary/aromatic N) is 3. The SMILES string of the molecule is Nc1ccc(CC(=O)N2CCC3(CC2)CC3CNC(=O)N2C=C3C=CNC=C3C2)cn1. The van der Waals surface area contributed by atoms with E-state index in [1.807, 2.05) is 35.6 Å². The van der Waals surface area contributed by atoms with E-state index < -0.39 is 0 Å². The maximum atomic E-state index is 12.6. The number of dihydropyridines is 1. The third kappa shape index (κ3) is 4.02. The Morgan fingerprint density at radius 3 is 2.87 bits per heavy atom. The predicted octanol–water partition coefficient (Wildman–Crippen LogP) is 1.74. The fourth-order valence-electron chi connectivity index (χ4n) is 4.94. The number of nitrogens with two attached hydrogens (primary N) is 1. The van der Waals surface area contributed by atoms with Crippen LogP contribution in [0.15, 0.2) is 54.2 Å². The Morgan fingerprint density at radius 1 is 1.29 bits per heavy atom. The Kier molecular flexibility index (Phi) is 4.92. The van der Waals surface area contributed by atoms with Crippen LogP contribution in [-0.4, -0.2) is 52.9 Å². The molecule has 4 N–H and O–H groups in total. The molecule has 0 radical (unpaired) electrons. The first kappa shape index (κ1) is 19.7. The molecule has 3 amide bonds. The number of anilines is 1. The van der Waals surface area contributed by atoms with E-state index in [2.05, 4.69) is 15.6 Å². The fraction of sp³-hybridized carbons (Fsp3) is 0.435. The minimum atomic E-state index is -0.0389. The molecule has 2 fully saturated rings. The number of carbonyl (C=O) groups excluding carboxylic acids is 2. The summed E-state index contributed by atoms with van der Waals surface area (Å²) in [5.74, 6) is 1.12. The van der Waals surface area contributed by atoms with Crippen molar-refractivity contribution >= 4 is 17.8 Å². The number of fused-ring (bicyclic) bond motifs is 1. The van der Waals surface area contributed by atoms with Gasteiger partial charge in [-0.1, -0.05) is 6.07 Å². The van der Waals surface area contributed by atoms with Gasteiger partial charge in [0.25, 0.3) is 0 Å². The van der Waals surface area contributed by atoms with E-state index in [0.29, 0.717) is 36.7 Å². The molecule has 1 aromatic rings. The van der Waals surface area contributed by atoms with Crippen molar-refractivity contribution in [3.8, 4) is 0 Å². The third-order valence-electron chi connectivity index (χ3n) is 7.06. The first-order valence-electron chi connectivity index (χ1n) is 10.9. The van der Waals surface area contributed by atoms with Crippen molar-refractivity contribution in [3.05, 3.63) is 59.7 Å². The van der Waals surface area contributed by atoms with Crippen LogP contribution in [0.1, 0.15) is 24.8 Å². The molecule has 1 saturated carbocycles. The minimum absolute atomic E-state index is 0.0389. The van der Waals surface area contributed by atoms with Crippen LogP contribution in [0, 0.1) is 11.3 Å². The zero-order valence-electron chi connectivity index (χ0n) is 17.5. The number of carbonyl (C=O) groups is 2. The Bertz CT molecular complexity index is 972. The molecule has 0 bridgehead atoms. The average molecular weight is 421 g/mol. The third-order valence-corrected chi connectivity index (χ3v) is 7.06. The molecule has 31 heavy (non-hydrogen) atoms. The summed E-state index contributed by atoms with van der Waals surface area (Å²) in [6.07, 6.45) is 12.9. The lowest BCUT2D eigenvalue weighted by Gasteiger charge is -2.33. The molecule has 4 aliphatic rings. The second-order valence-electron chi connectivity index (χ2n) is 8.98. The molecular weight excluding hydrogens is 392 g/mol. The highest BCUT2D eigenvalue weighted by Crippen LogP contribution is 2.59. The van der Waals surface area contributed by atoms with Gasteiger partial charge in [-0.05, 0) is 59.4 Å². The second kappa shape index (κ2) is 7.76. The van der Waals surface area contributed by atoms with E-state index in [4.69, 9.17) is 5.73 Å². The van der Waals surface area contributed by atoms with Gasteiger partial charge >= 0.3 is 6.03 Å². The Labute approximate surface area is 181 Å². The summed E-state index contributed by atoms with van der Waals surface area (Å²) in [5.41, 5.74) is 9.01. The summed E-state index contributed by atoms with van der Waals surface area (Å²) < 4.78 is 0. The standard InChI is InChI=1S/C23H28N6O2/c24-20-2-1-16(11-26-20)9-21(30)28-7-4-23(5-8-28)10-19(23)13-27-22(31)29-14-17-3-6-25-12-18(17)15-29/h1-3,6,11-12,14,19,25H,4-5,7-10,13,15H2,(H2,24,26)(H,27,31). The lowest BCUT2D eigenvalue weighted by atomic mass is 9.90. The molecule has 1 aromatic heterocycles. The molecule has 8 heteroatoms. The maximum absolute atomic E-state index is 12.6. The van der Waals surface area contributed by atoms with Crippen molar-refractivity contribution in [1.82, 2.24) is 25.4 Å². The topological polar surface area (TPSA) is 104 Å². The zero-order chi connectivity index (χ0) is 21.4. The quantitative estimate of drug-likeness (QED) is 0.689. The van der Waals surface area contributed by atoms with Crippen LogP contribution in [0.25, 0.3) is 0 Å². The molecule has 1 saturated heterocycles. The number of pyridine rings is 1. The highest BCUT2D eigenvalue weighted by Gasteiger charge is 2.54. The summed E-state index contributed by atoms with van der Waals surface area (Å²) in [4.78, 5) is 32.9. The number of rotatable bonds is 4. The van der Waals surface area contributed by atoms with Crippen molar-refractivity contribution in [2.75, 3.05) is 31.9 Å². The maximum Gasteiger partial charge on any atom is 0.321 e. The number of urea groups is 1. The largest absolute Gasteiger partial charge is 0.384 e. The van der Waals surface area contributed by atoms with Crippen molar-refractivity contribution in [3.63, 3.8) is 0 Å². The number of hydrogen-bond acceptors (Lipinski definition) is 5. The molecule has 3 aliphatic heterocycles. The van der Waals surface area contributed by atoms with E-state index >= 15 is 0 Å². The first-order chi connectivity index (χ1) is 15.0. The van der Waals surface area contributed by atoms with E-state index in [1.54, 1.807) is 17.2 Å². The van der Waals surface area contributed by atoms with E-state index in [0.717, 1.165) is 49.1 Å². The van der Waals surface area contributed by atoms with Crippen molar-refractivity contribution in [2.45, 2.75) is 25.7 Å². The average Bonchev–Trinajstić information content (AvgIpc) is 3.25. The van der Waals surface area contributed by atoms with Gasteiger partial charge in [0.05, 0.1) is 13.0 Å². The van der Waals surface area contributed by atoms with Crippen LogP contribution in [-0.2, 0) is 11.2 Å². The van der Waals surface area contributed by atoms with E-state index in [-0.39, 0.29) is 11.9 Å². The minimum Gasteiger partial charge on any atom is -0.384 e. The molecule has 1 spiro atoms. The lowest BCUT2D eigenvalue weighted by Crippen LogP contribution is -2.41. The Hall–Kier alpha value is -3.29. The molecular formula is C23H28N6O2. The highest BCUT2D eigenvalue weighted by atomic mass is 16.2. The fourth-order valence-corrected chi connectivity index (χ4v) is 4.94. The molecule has 0 aromatic carbocycles. The summed E-state index contributed by atoms with van der Waals surface area (Å²) in [5, 5.41) is 6.18. The summed E-state index contributed by atoms with van der Waals surface area (Å²) in [7, 11) is 0. The number of amides is 3. The van der Waals surface area contributed by atoms with Crippen LogP contribution >= 0.6 is 0 Å². The van der Waals surface area contributed by atoms with Gasteiger partial charge in [0, 0.05) is 44.4 Å². The number of likely N-dealkylation sites (tertiary alicyclic amines) is 1. The van der Waals surface area contributed by atoms with Crippen LogP contribution in [0.5, 0.6) is 0 Å². The van der Waals surface area contributed by atoms with Gasteiger partial charge in [0.2, 0.25) is 5.91 Å². The number of hydrogen-bond donors (Lipinski definition) is 3. The van der Waals surface area contributed by atoms with Crippen molar-refractivity contribution < 1.29 is 9.59 Å². The van der Waals surface area contributed by atoms with Crippen molar-refractivity contribution in [1.29, 1.82) is 0 Å². The van der Waals surface area contributed by atoms with E-state index in [9.17, 15) is 9.59 Å². The van der Waals surface area contributed by atoms with Gasteiger partial charge in [-0.2, -0.15) is 0 Å². The molecule has 162 valence electrons. The summed E-state index contributed by atoms with van der Waals surface area (Å²) >= 11 is 0. The van der Waals surface area contributed by atoms with Crippen LogP contribution in [0.2, 0.25) is 0 Å². The van der Waals surface area contributed by atoms with Gasteiger partial charge in [-0.25, -0.2) is 9.78 Å². The smallest absolute Gasteiger partial charge is 0.321 e. The lowest BCUT2D eigenvalue weighted by molar-refractivity contribution is -0.132. The molecule has 5 rings (SSSR count). The number of nitrogens with one attached hydrogen (secondary N) is 2. The molecule has 1 atom stereocenters. The second-order valence-corrected chi connectivity index (χ2v) is 8.98. The zero-order valence-corrected chi connectivity index (χ0v) is 17.5. The van der Waals surface area contributed by atoms with Gasteiger partial charge in [-0.3, -0.25) is 9.69 Å². The normalized spacial score (nSPS) is 23.0. The van der Waals surface area contributed by atoms with Gasteiger partial charge < -0.3 is 21.3 Å². The van der Waals surface area contributed by atoms with Gasteiger partial charge in [0.15, 0.2) is 0 Å². The Morgan fingerprint density at radius 2 is 2.13 bits per heavy atom. The molecule has 1 unspecified atom stereocenters. The monoisotopic (exact) mass is 420 g/mol. The van der Waals surface area contributed by atoms with E-state index in [1.165, 1.54) is 0 Å². The number of piperidine rings is 1. The molecule has 8 nitrogen and oxygen atoms in total. The first-order valence-corrected chi connectivity index (χ1v) is 10.9. The van der Waals surface area contributed by atoms with Gasteiger partial charge in [0.1, 0.15) is 5.82 Å². The predicted molar refractivity (Wildman–Crippen MR) is 117 cm³/mol. The number of allylic oxidation sites excluding steroid dienone is 1. The summed E-state index contributed by atoms with van der Waals surface area (Å²) in [6.45, 7) is 2.89. The summed E-state index contributed by atoms with van der Waals surface area (Å²) in [6, 6.07) is 3.55. The highest BCUT2D eigenvalue weighted by molar-refractivity contribution is 5.79. The number of nitrogen functional groups attached to an aromatic ring is 1. The number of aromatic nitrogens is 1.